The lowest BCUT2D eigenvalue weighted by molar-refractivity contribution is 0.174. The van der Waals surface area contributed by atoms with Crippen LogP contribution in [0.15, 0.2) is 0 Å². The fraction of sp³-hybridized carbons (Fsp3) is 1.00. The molecule has 4 heteroatoms. The minimum atomic E-state index is 0.454. The van der Waals surface area contributed by atoms with E-state index in [1.54, 1.807) is 0 Å². The molecule has 0 aliphatic carbocycles. The van der Waals surface area contributed by atoms with Gasteiger partial charge in [0.25, 0.3) is 0 Å². The Balaban J connectivity index is 1.65. The highest BCUT2D eigenvalue weighted by Crippen LogP contribution is 2.15. The van der Waals surface area contributed by atoms with Gasteiger partial charge in [-0.05, 0) is 52.0 Å². The number of hydrogen-bond donors (Lipinski definition) is 1. The van der Waals surface area contributed by atoms with Gasteiger partial charge < -0.3 is 15.5 Å². The summed E-state index contributed by atoms with van der Waals surface area (Å²) in [6, 6.07) is 1.25. The third kappa shape index (κ3) is 4.42. The lowest BCUT2D eigenvalue weighted by Crippen LogP contribution is -2.43. The SMILES string of the molecule is CCN(CC)C1CCN(CCN2CCC(N)CC2)C1. The van der Waals surface area contributed by atoms with Gasteiger partial charge in [-0.1, -0.05) is 13.8 Å². The summed E-state index contributed by atoms with van der Waals surface area (Å²) in [5.41, 5.74) is 5.95. The van der Waals surface area contributed by atoms with Gasteiger partial charge in [-0.15, -0.1) is 0 Å². The molecule has 0 amide bonds. The quantitative estimate of drug-likeness (QED) is 0.774. The average molecular weight is 268 g/mol. The van der Waals surface area contributed by atoms with E-state index in [2.05, 4.69) is 28.5 Å². The fourth-order valence-corrected chi connectivity index (χ4v) is 3.51. The van der Waals surface area contributed by atoms with Gasteiger partial charge in [-0.2, -0.15) is 0 Å². The third-order valence-corrected chi connectivity index (χ3v) is 4.94. The topological polar surface area (TPSA) is 35.7 Å². The third-order valence-electron chi connectivity index (χ3n) is 4.94. The van der Waals surface area contributed by atoms with Crippen LogP contribution in [0.1, 0.15) is 33.1 Å². The van der Waals surface area contributed by atoms with Crippen LogP contribution in [-0.4, -0.2) is 79.1 Å². The van der Waals surface area contributed by atoms with Gasteiger partial charge >= 0.3 is 0 Å². The summed E-state index contributed by atoms with van der Waals surface area (Å²) in [6.07, 6.45) is 3.72. The van der Waals surface area contributed by atoms with Crippen molar-refractivity contribution in [3.8, 4) is 0 Å². The van der Waals surface area contributed by atoms with E-state index in [9.17, 15) is 0 Å². The molecule has 1 atom stereocenters. The average Bonchev–Trinajstić information content (AvgIpc) is 2.88. The number of hydrogen-bond acceptors (Lipinski definition) is 4. The zero-order chi connectivity index (χ0) is 13.7. The first-order chi connectivity index (χ1) is 9.22. The molecule has 0 bridgehead atoms. The largest absolute Gasteiger partial charge is 0.328 e. The van der Waals surface area contributed by atoms with E-state index in [-0.39, 0.29) is 0 Å². The molecule has 2 fully saturated rings. The Labute approximate surface area is 118 Å². The molecule has 2 aliphatic heterocycles. The summed E-state index contributed by atoms with van der Waals surface area (Å²) >= 11 is 0. The molecule has 2 rings (SSSR count). The minimum Gasteiger partial charge on any atom is -0.328 e. The van der Waals surface area contributed by atoms with Crippen LogP contribution >= 0.6 is 0 Å². The Bertz CT molecular complexity index is 247. The number of rotatable bonds is 6. The molecule has 0 saturated carbocycles. The van der Waals surface area contributed by atoms with Crippen LogP contribution < -0.4 is 5.73 Å². The highest BCUT2D eigenvalue weighted by Gasteiger charge is 2.26. The number of nitrogens with zero attached hydrogens (tertiary/aromatic N) is 3. The zero-order valence-corrected chi connectivity index (χ0v) is 12.9. The summed E-state index contributed by atoms with van der Waals surface area (Å²) in [7, 11) is 0. The Morgan fingerprint density at radius 2 is 1.53 bits per heavy atom. The molecule has 112 valence electrons. The smallest absolute Gasteiger partial charge is 0.0235 e. The van der Waals surface area contributed by atoms with E-state index in [1.165, 1.54) is 71.6 Å². The summed E-state index contributed by atoms with van der Waals surface area (Å²) in [4.78, 5) is 7.85. The van der Waals surface area contributed by atoms with Crippen molar-refractivity contribution in [1.82, 2.24) is 14.7 Å². The van der Waals surface area contributed by atoms with Crippen LogP contribution in [0.5, 0.6) is 0 Å². The molecule has 4 nitrogen and oxygen atoms in total. The van der Waals surface area contributed by atoms with Crippen molar-refractivity contribution in [1.29, 1.82) is 0 Å². The van der Waals surface area contributed by atoms with E-state index in [0.29, 0.717) is 6.04 Å². The summed E-state index contributed by atoms with van der Waals surface area (Å²) < 4.78 is 0. The molecular formula is C15H32N4. The van der Waals surface area contributed by atoms with E-state index in [0.717, 1.165) is 6.04 Å². The second kappa shape index (κ2) is 7.58. The number of piperidine rings is 1. The van der Waals surface area contributed by atoms with Crippen LogP contribution in [0, 0.1) is 0 Å². The first-order valence-electron chi connectivity index (χ1n) is 8.17. The summed E-state index contributed by atoms with van der Waals surface area (Å²) in [5, 5.41) is 0. The molecule has 2 aliphatic rings. The zero-order valence-electron chi connectivity index (χ0n) is 12.9. The first kappa shape index (κ1) is 15.2. The van der Waals surface area contributed by atoms with Crippen LogP contribution in [0.25, 0.3) is 0 Å². The molecule has 2 N–H and O–H groups in total. The second-order valence-corrected chi connectivity index (χ2v) is 6.14. The Hall–Kier alpha value is -0.160. The fourth-order valence-electron chi connectivity index (χ4n) is 3.51. The lowest BCUT2D eigenvalue weighted by Gasteiger charge is -2.31. The van der Waals surface area contributed by atoms with Gasteiger partial charge in [-0.3, -0.25) is 4.90 Å². The monoisotopic (exact) mass is 268 g/mol. The Morgan fingerprint density at radius 3 is 2.16 bits per heavy atom. The molecular weight excluding hydrogens is 236 g/mol. The van der Waals surface area contributed by atoms with Crippen molar-refractivity contribution < 1.29 is 0 Å². The van der Waals surface area contributed by atoms with Gasteiger partial charge in [0.2, 0.25) is 0 Å². The van der Waals surface area contributed by atoms with E-state index in [4.69, 9.17) is 5.73 Å². The maximum absolute atomic E-state index is 5.95. The highest BCUT2D eigenvalue weighted by molar-refractivity contribution is 4.83. The Kier molecular flexibility index (Phi) is 6.07. The van der Waals surface area contributed by atoms with Crippen LogP contribution in [0.2, 0.25) is 0 Å². The van der Waals surface area contributed by atoms with Gasteiger partial charge in [0.1, 0.15) is 0 Å². The van der Waals surface area contributed by atoms with Gasteiger partial charge in [0.15, 0.2) is 0 Å². The van der Waals surface area contributed by atoms with Gasteiger partial charge in [0.05, 0.1) is 0 Å². The molecule has 19 heavy (non-hydrogen) atoms. The van der Waals surface area contributed by atoms with E-state index < -0.39 is 0 Å². The predicted octanol–water partition coefficient (Wildman–Crippen LogP) is 0.826. The molecule has 1 unspecified atom stereocenters. The lowest BCUT2D eigenvalue weighted by atomic mass is 10.1. The maximum atomic E-state index is 5.95. The van der Waals surface area contributed by atoms with Crippen molar-refractivity contribution in [3.05, 3.63) is 0 Å². The normalized spacial score (nSPS) is 27.5. The second-order valence-electron chi connectivity index (χ2n) is 6.14. The molecule has 0 radical (unpaired) electrons. The van der Waals surface area contributed by atoms with Crippen molar-refractivity contribution in [2.45, 2.75) is 45.2 Å². The van der Waals surface area contributed by atoms with Gasteiger partial charge in [-0.25, -0.2) is 0 Å². The predicted molar refractivity (Wildman–Crippen MR) is 81.4 cm³/mol. The van der Waals surface area contributed by atoms with Crippen LogP contribution in [0.4, 0.5) is 0 Å². The molecule has 2 saturated heterocycles. The molecule has 0 aromatic carbocycles. The summed E-state index contributed by atoms with van der Waals surface area (Å²) in [6.45, 7) is 14.4. The highest BCUT2D eigenvalue weighted by atomic mass is 15.3. The van der Waals surface area contributed by atoms with E-state index >= 15 is 0 Å². The van der Waals surface area contributed by atoms with Crippen LogP contribution in [0.3, 0.4) is 0 Å². The van der Waals surface area contributed by atoms with Crippen molar-refractivity contribution in [2.24, 2.45) is 5.73 Å². The molecule has 0 aromatic rings. The first-order valence-corrected chi connectivity index (χ1v) is 8.17. The van der Waals surface area contributed by atoms with Crippen LogP contribution in [-0.2, 0) is 0 Å². The minimum absolute atomic E-state index is 0.454. The molecule has 0 aromatic heterocycles. The van der Waals surface area contributed by atoms with Crippen molar-refractivity contribution in [3.63, 3.8) is 0 Å². The molecule has 0 spiro atoms. The van der Waals surface area contributed by atoms with Gasteiger partial charge in [0, 0.05) is 31.7 Å². The van der Waals surface area contributed by atoms with E-state index in [1.807, 2.05) is 0 Å². The Morgan fingerprint density at radius 1 is 0.947 bits per heavy atom. The number of likely N-dealkylation sites (tertiary alicyclic amines) is 2. The number of nitrogens with two attached hydrogens (primary N) is 1. The van der Waals surface area contributed by atoms with Crippen molar-refractivity contribution >= 4 is 0 Å². The molecule has 2 heterocycles. The standard InChI is InChI=1S/C15H32N4/c1-3-19(4-2)15-7-10-18(13-15)12-11-17-8-5-14(16)6-9-17/h14-15H,3-13,16H2,1-2H3. The maximum Gasteiger partial charge on any atom is 0.0235 e. The van der Waals surface area contributed by atoms with Crippen molar-refractivity contribution in [2.75, 3.05) is 52.4 Å². The number of likely N-dealkylation sites (N-methyl/N-ethyl adjacent to an activating group) is 1. The summed E-state index contributed by atoms with van der Waals surface area (Å²) in [5.74, 6) is 0.